The minimum Gasteiger partial charge on any atom is -0.456 e. The monoisotopic (exact) mass is 436 g/mol. The van der Waals surface area contributed by atoms with Gasteiger partial charge in [0, 0.05) is 26.3 Å². The van der Waals surface area contributed by atoms with Crippen LogP contribution in [0, 0.1) is 11.3 Å². The van der Waals surface area contributed by atoms with E-state index in [0.29, 0.717) is 5.56 Å². The van der Waals surface area contributed by atoms with Gasteiger partial charge in [0.2, 0.25) is 0 Å². The number of benzene rings is 4. The van der Waals surface area contributed by atoms with Gasteiger partial charge in [0.15, 0.2) is 0 Å². The van der Waals surface area contributed by atoms with Crippen LogP contribution in [0.3, 0.4) is 0 Å². The molecule has 29 heavy (non-hydrogen) atoms. The first kappa shape index (κ1) is 16.4. The Morgan fingerprint density at radius 2 is 1.59 bits per heavy atom. The molecule has 4 aromatic carbocycles. The first-order chi connectivity index (χ1) is 14.2. The van der Waals surface area contributed by atoms with Crippen molar-refractivity contribution in [2.24, 2.45) is 0 Å². The smallest absolute Gasteiger partial charge is 0.137 e. The molecule has 0 N–H and O–H groups in total. The Bertz CT molecular complexity index is 1630. The molecule has 0 fully saturated rings. The van der Waals surface area contributed by atoms with Crippen molar-refractivity contribution in [1.29, 1.82) is 5.26 Å². The Morgan fingerprint density at radius 3 is 2.45 bits per heavy atom. The molecule has 0 amide bonds. The van der Waals surface area contributed by atoms with E-state index in [1.807, 2.05) is 42.5 Å². The van der Waals surface area contributed by atoms with Gasteiger partial charge >= 0.3 is 0 Å². The quantitative estimate of drug-likeness (QED) is 0.271. The number of para-hydroxylation sites is 2. The summed E-state index contributed by atoms with van der Waals surface area (Å²) in [6.07, 6.45) is 0. The van der Waals surface area contributed by atoms with Crippen molar-refractivity contribution in [2.45, 2.75) is 0 Å². The number of fused-ring (bicyclic) bond motifs is 7. The lowest BCUT2D eigenvalue weighted by molar-refractivity contribution is 0.669. The molecule has 0 saturated heterocycles. The average molecular weight is 437 g/mol. The highest BCUT2D eigenvalue weighted by Gasteiger charge is 2.19. The standard InChI is InChI=1S/C25H13BrN2O/c26-16-11-15(14-27)12-17(13-16)28-21-7-3-1-5-18(21)19-9-10-23-24(25(19)28)20-6-2-4-8-22(20)29-23/h1-13H. The summed E-state index contributed by atoms with van der Waals surface area (Å²) in [6.45, 7) is 0. The first-order valence-electron chi connectivity index (χ1n) is 9.29. The molecule has 0 aliphatic carbocycles. The fourth-order valence-electron chi connectivity index (χ4n) is 4.30. The van der Waals surface area contributed by atoms with Gasteiger partial charge in [0.25, 0.3) is 0 Å². The van der Waals surface area contributed by atoms with E-state index >= 15 is 0 Å². The lowest BCUT2D eigenvalue weighted by atomic mass is 10.1. The van der Waals surface area contributed by atoms with Crippen LogP contribution >= 0.6 is 15.9 Å². The molecule has 2 heterocycles. The van der Waals surface area contributed by atoms with E-state index in [4.69, 9.17) is 4.42 Å². The van der Waals surface area contributed by atoms with Crippen LogP contribution in [0.15, 0.2) is 87.8 Å². The Kier molecular flexibility index (Phi) is 3.38. The van der Waals surface area contributed by atoms with Crippen LogP contribution in [0.1, 0.15) is 5.56 Å². The normalized spacial score (nSPS) is 11.6. The second-order valence-electron chi connectivity index (χ2n) is 7.10. The number of halogens is 1. The van der Waals surface area contributed by atoms with Gasteiger partial charge < -0.3 is 8.98 Å². The molecule has 0 atom stereocenters. The third kappa shape index (κ3) is 2.28. The van der Waals surface area contributed by atoms with E-state index in [2.05, 4.69) is 63.0 Å². The summed E-state index contributed by atoms with van der Waals surface area (Å²) >= 11 is 3.57. The van der Waals surface area contributed by atoms with Gasteiger partial charge in [-0.3, -0.25) is 0 Å². The van der Waals surface area contributed by atoms with Crippen molar-refractivity contribution in [3.8, 4) is 11.8 Å². The van der Waals surface area contributed by atoms with Gasteiger partial charge in [-0.1, -0.05) is 52.3 Å². The minimum absolute atomic E-state index is 0.615. The van der Waals surface area contributed by atoms with Crippen molar-refractivity contribution in [3.05, 3.63) is 88.9 Å². The summed E-state index contributed by atoms with van der Waals surface area (Å²) in [7, 11) is 0. The Morgan fingerprint density at radius 1 is 0.793 bits per heavy atom. The van der Waals surface area contributed by atoms with Crippen molar-refractivity contribution >= 4 is 59.7 Å². The Labute approximate surface area is 174 Å². The predicted octanol–water partition coefficient (Wildman–Crippen LogP) is 7.32. The largest absolute Gasteiger partial charge is 0.456 e. The molecule has 6 rings (SSSR count). The summed E-state index contributed by atoms with van der Waals surface area (Å²) in [5, 5.41) is 14.0. The van der Waals surface area contributed by atoms with E-state index in [1.54, 1.807) is 0 Å². The van der Waals surface area contributed by atoms with Crippen molar-refractivity contribution < 1.29 is 4.42 Å². The van der Waals surface area contributed by atoms with Crippen molar-refractivity contribution in [2.75, 3.05) is 0 Å². The molecule has 0 radical (unpaired) electrons. The van der Waals surface area contributed by atoms with Crippen LogP contribution in [0.2, 0.25) is 0 Å². The van der Waals surface area contributed by atoms with Gasteiger partial charge in [-0.2, -0.15) is 5.26 Å². The highest BCUT2D eigenvalue weighted by molar-refractivity contribution is 9.10. The molecule has 0 aliphatic rings. The van der Waals surface area contributed by atoms with Crippen LogP contribution in [-0.2, 0) is 0 Å². The maximum atomic E-state index is 9.50. The SMILES string of the molecule is N#Cc1cc(Br)cc(-n2c3ccccc3c3ccc4oc5ccccc5c4c32)c1. The van der Waals surface area contributed by atoms with Crippen LogP contribution < -0.4 is 0 Å². The molecular weight excluding hydrogens is 424 g/mol. The Balaban J connectivity index is 1.91. The van der Waals surface area contributed by atoms with Gasteiger partial charge in [0.1, 0.15) is 11.2 Å². The first-order valence-corrected chi connectivity index (χ1v) is 10.1. The zero-order valence-electron chi connectivity index (χ0n) is 15.2. The summed E-state index contributed by atoms with van der Waals surface area (Å²) in [6, 6.07) is 28.8. The predicted molar refractivity (Wildman–Crippen MR) is 120 cm³/mol. The van der Waals surface area contributed by atoms with Gasteiger partial charge in [0.05, 0.1) is 28.1 Å². The lowest BCUT2D eigenvalue weighted by Crippen LogP contribution is -1.95. The molecule has 4 heteroatoms. The second-order valence-corrected chi connectivity index (χ2v) is 8.01. The third-order valence-corrected chi connectivity index (χ3v) is 5.90. The second kappa shape index (κ2) is 5.97. The van der Waals surface area contributed by atoms with Crippen molar-refractivity contribution in [3.63, 3.8) is 0 Å². The molecule has 0 saturated carbocycles. The van der Waals surface area contributed by atoms with Gasteiger partial charge in [-0.15, -0.1) is 0 Å². The Hall–Kier alpha value is -3.55. The maximum absolute atomic E-state index is 9.50. The summed E-state index contributed by atoms with van der Waals surface area (Å²) in [5.41, 5.74) is 5.49. The number of nitriles is 1. The van der Waals surface area contributed by atoms with E-state index in [9.17, 15) is 5.26 Å². The van der Waals surface area contributed by atoms with E-state index in [-0.39, 0.29) is 0 Å². The van der Waals surface area contributed by atoms with Crippen LogP contribution in [0.4, 0.5) is 0 Å². The zero-order valence-corrected chi connectivity index (χ0v) is 16.8. The number of nitrogens with zero attached hydrogens (tertiary/aromatic N) is 2. The number of furan rings is 1. The topological polar surface area (TPSA) is 41.9 Å². The summed E-state index contributed by atoms with van der Waals surface area (Å²) < 4.78 is 9.25. The molecule has 0 spiro atoms. The average Bonchev–Trinajstić information content (AvgIpc) is 3.28. The molecular formula is C25H13BrN2O. The molecule has 0 aliphatic heterocycles. The molecule has 0 unspecified atom stereocenters. The summed E-state index contributed by atoms with van der Waals surface area (Å²) in [4.78, 5) is 0. The molecule has 2 aromatic heterocycles. The number of rotatable bonds is 1. The van der Waals surface area contributed by atoms with E-state index < -0.39 is 0 Å². The number of aromatic nitrogens is 1. The van der Waals surface area contributed by atoms with E-state index in [1.165, 1.54) is 5.39 Å². The molecule has 136 valence electrons. The number of hydrogen-bond donors (Lipinski definition) is 0. The molecule has 3 nitrogen and oxygen atoms in total. The highest BCUT2D eigenvalue weighted by atomic mass is 79.9. The van der Waals surface area contributed by atoms with Crippen LogP contribution in [0.25, 0.3) is 49.4 Å². The summed E-state index contributed by atoms with van der Waals surface area (Å²) in [5.74, 6) is 0. The fraction of sp³-hybridized carbons (Fsp3) is 0. The van der Waals surface area contributed by atoms with E-state index in [0.717, 1.165) is 48.5 Å². The van der Waals surface area contributed by atoms with Crippen molar-refractivity contribution in [1.82, 2.24) is 4.57 Å². The lowest BCUT2D eigenvalue weighted by Gasteiger charge is -2.10. The molecule has 6 aromatic rings. The highest BCUT2D eigenvalue weighted by Crippen LogP contribution is 2.40. The van der Waals surface area contributed by atoms with Gasteiger partial charge in [-0.25, -0.2) is 0 Å². The zero-order chi connectivity index (χ0) is 19.5. The van der Waals surface area contributed by atoms with Crippen LogP contribution in [-0.4, -0.2) is 4.57 Å². The maximum Gasteiger partial charge on any atom is 0.137 e. The number of hydrogen-bond acceptors (Lipinski definition) is 2. The fourth-order valence-corrected chi connectivity index (χ4v) is 4.78. The minimum atomic E-state index is 0.615. The van der Waals surface area contributed by atoms with Crippen LogP contribution in [0.5, 0.6) is 0 Å². The van der Waals surface area contributed by atoms with Gasteiger partial charge in [-0.05, 0) is 42.5 Å². The third-order valence-electron chi connectivity index (χ3n) is 5.44. The molecule has 0 bridgehead atoms.